The lowest BCUT2D eigenvalue weighted by atomic mass is 10.1. The molecule has 2 rings (SSSR count). The van der Waals surface area contributed by atoms with E-state index in [0.717, 1.165) is 5.56 Å². The number of hydrogen-bond acceptors (Lipinski definition) is 4. The highest BCUT2D eigenvalue weighted by Gasteiger charge is 2.12. The molecule has 0 aromatic heterocycles. The van der Waals surface area contributed by atoms with E-state index in [2.05, 4.69) is 0 Å². The first-order chi connectivity index (χ1) is 10.0. The summed E-state index contributed by atoms with van der Waals surface area (Å²) in [6, 6.07) is 11.6. The Kier molecular flexibility index (Phi) is 4.69. The predicted octanol–water partition coefficient (Wildman–Crippen LogP) is 3.80. The van der Waals surface area contributed by atoms with Gasteiger partial charge in [0.25, 0.3) is 0 Å². The second-order valence-corrected chi connectivity index (χ2v) is 5.03. The van der Waals surface area contributed by atoms with Crippen molar-refractivity contribution in [3.63, 3.8) is 0 Å². The van der Waals surface area contributed by atoms with Crippen LogP contribution in [-0.2, 0) is 11.3 Å². The van der Waals surface area contributed by atoms with Crippen LogP contribution in [0.3, 0.4) is 0 Å². The zero-order valence-electron chi connectivity index (χ0n) is 10.8. The molecule has 2 aromatic rings. The third-order valence-corrected chi connectivity index (χ3v) is 3.56. The first-order valence-electron chi connectivity index (χ1n) is 5.92. The Balaban J connectivity index is 2.06. The van der Waals surface area contributed by atoms with Gasteiger partial charge in [0.05, 0.1) is 32.9 Å². The molecule has 0 aliphatic rings. The van der Waals surface area contributed by atoms with Gasteiger partial charge in [0, 0.05) is 0 Å². The van der Waals surface area contributed by atoms with E-state index in [-0.39, 0.29) is 27.9 Å². The minimum absolute atomic E-state index is 0.0880. The Morgan fingerprint density at radius 3 is 2.48 bits per heavy atom. The number of carbonyl (C=O) groups excluding carboxylic acids is 1. The topological polar surface area (TPSA) is 76.1 Å². The number of anilines is 1. The molecule has 4 nitrogen and oxygen atoms in total. The smallest absolute Gasteiger partial charge is 0.338 e. The van der Waals surface area contributed by atoms with Crippen molar-refractivity contribution in [1.29, 1.82) is 5.26 Å². The van der Waals surface area contributed by atoms with Crippen LogP contribution in [0.4, 0.5) is 5.69 Å². The number of nitrogens with two attached hydrogens (primary N) is 1. The Morgan fingerprint density at radius 2 is 1.90 bits per heavy atom. The number of carbonyl (C=O) groups is 1. The van der Waals surface area contributed by atoms with Crippen molar-refractivity contribution >= 4 is 34.9 Å². The lowest BCUT2D eigenvalue weighted by Crippen LogP contribution is -2.06. The number of hydrogen-bond donors (Lipinski definition) is 1. The Morgan fingerprint density at radius 1 is 1.24 bits per heavy atom. The maximum absolute atomic E-state index is 11.9. The summed E-state index contributed by atoms with van der Waals surface area (Å²) in [5.41, 5.74) is 7.41. The molecule has 0 spiro atoms. The molecule has 2 N–H and O–H groups in total. The van der Waals surface area contributed by atoms with E-state index in [4.69, 9.17) is 38.9 Å². The molecule has 0 bridgehead atoms. The van der Waals surface area contributed by atoms with Gasteiger partial charge in [0.15, 0.2) is 0 Å². The van der Waals surface area contributed by atoms with Gasteiger partial charge in [0.2, 0.25) is 0 Å². The van der Waals surface area contributed by atoms with Gasteiger partial charge in [-0.15, -0.1) is 0 Å². The molecule has 6 heteroatoms. The normalized spacial score (nSPS) is 9.95. The second kappa shape index (κ2) is 6.49. The van der Waals surface area contributed by atoms with Gasteiger partial charge in [-0.05, 0) is 29.8 Å². The van der Waals surface area contributed by atoms with E-state index >= 15 is 0 Å². The van der Waals surface area contributed by atoms with Gasteiger partial charge in [0.1, 0.15) is 6.61 Å². The second-order valence-electron chi connectivity index (χ2n) is 4.25. The number of nitrogen functional groups attached to an aromatic ring is 1. The van der Waals surface area contributed by atoms with Gasteiger partial charge in [-0.3, -0.25) is 0 Å². The van der Waals surface area contributed by atoms with Crippen LogP contribution in [0.1, 0.15) is 21.5 Å². The summed E-state index contributed by atoms with van der Waals surface area (Å²) in [6.45, 7) is 0.0880. The monoisotopic (exact) mass is 320 g/mol. The van der Waals surface area contributed by atoms with Crippen LogP contribution >= 0.6 is 23.2 Å². The molecule has 0 saturated carbocycles. The molecular formula is C15H10Cl2N2O2. The lowest BCUT2D eigenvalue weighted by molar-refractivity contribution is 0.0473. The number of nitriles is 1. The molecule has 0 fully saturated rings. The van der Waals surface area contributed by atoms with Gasteiger partial charge in [-0.25, -0.2) is 4.79 Å². The fourth-order valence-corrected chi connectivity index (χ4v) is 1.97. The van der Waals surface area contributed by atoms with E-state index in [9.17, 15) is 4.79 Å². The number of nitrogens with zero attached hydrogens (tertiary/aromatic N) is 1. The quantitative estimate of drug-likeness (QED) is 0.689. The maximum atomic E-state index is 11.9. The third-order valence-electron chi connectivity index (χ3n) is 2.75. The SMILES string of the molecule is N#Cc1ccc(COC(=O)c2cc(N)c(Cl)c(Cl)c2)cc1. The standard InChI is InChI=1S/C15H10Cl2N2O2/c16-12-5-11(6-13(19)14(12)17)15(20)21-8-10-3-1-9(7-18)2-4-10/h1-6H,8,19H2. The largest absolute Gasteiger partial charge is 0.457 e. The molecule has 0 aliphatic heterocycles. The molecular weight excluding hydrogens is 311 g/mol. The van der Waals surface area contributed by atoms with E-state index in [1.807, 2.05) is 6.07 Å². The average Bonchev–Trinajstić information content (AvgIpc) is 2.50. The van der Waals surface area contributed by atoms with Crippen molar-refractivity contribution in [1.82, 2.24) is 0 Å². The summed E-state index contributed by atoms with van der Waals surface area (Å²) in [5, 5.41) is 9.10. The summed E-state index contributed by atoms with van der Waals surface area (Å²) in [4.78, 5) is 11.9. The van der Waals surface area contributed by atoms with Crippen LogP contribution in [0.2, 0.25) is 10.0 Å². The predicted molar refractivity (Wildman–Crippen MR) is 81.2 cm³/mol. The average molecular weight is 321 g/mol. The zero-order valence-corrected chi connectivity index (χ0v) is 12.3. The van der Waals surface area contributed by atoms with Gasteiger partial charge in [-0.2, -0.15) is 5.26 Å². The molecule has 0 unspecified atom stereocenters. The van der Waals surface area contributed by atoms with Crippen molar-refractivity contribution in [3.05, 3.63) is 63.1 Å². The van der Waals surface area contributed by atoms with E-state index in [1.165, 1.54) is 12.1 Å². The van der Waals surface area contributed by atoms with Crippen molar-refractivity contribution in [2.75, 3.05) is 5.73 Å². The Hall–Kier alpha value is -2.22. The number of rotatable bonds is 3. The fraction of sp³-hybridized carbons (Fsp3) is 0.0667. The molecule has 0 atom stereocenters. The van der Waals surface area contributed by atoms with Crippen molar-refractivity contribution in [2.45, 2.75) is 6.61 Å². The van der Waals surface area contributed by atoms with Crippen LogP contribution in [0.15, 0.2) is 36.4 Å². The minimum atomic E-state index is -0.551. The summed E-state index contributed by atoms with van der Waals surface area (Å²) in [5.74, 6) is -0.551. The minimum Gasteiger partial charge on any atom is -0.457 e. The van der Waals surface area contributed by atoms with Crippen LogP contribution in [-0.4, -0.2) is 5.97 Å². The summed E-state index contributed by atoms with van der Waals surface area (Å²) in [7, 11) is 0. The molecule has 2 aromatic carbocycles. The molecule has 0 saturated heterocycles. The van der Waals surface area contributed by atoms with Crippen LogP contribution in [0, 0.1) is 11.3 Å². The highest BCUT2D eigenvalue weighted by molar-refractivity contribution is 6.43. The highest BCUT2D eigenvalue weighted by atomic mass is 35.5. The number of benzene rings is 2. The first kappa shape index (κ1) is 15.2. The molecule has 21 heavy (non-hydrogen) atoms. The van der Waals surface area contributed by atoms with Crippen molar-refractivity contribution in [3.8, 4) is 6.07 Å². The van der Waals surface area contributed by atoms with Crippen LogP contribution in [0.25, 0.3) is 0 Å². The van der Waals surface area contributed by atoms with Crippen LogP contribution in [0.5, 0.6) is 0 Å². The Labute approximate surface area is 131 Å². The summed E-state index contributed by atoms with van der Waals surface area (Å²) < 4.78 is 5.16. The van der Waals surface area contributed by atoms with Gasteiger partial charge < -0.3 is 10.5 Å². The van der Waals surface area contributed by atoms with Crippen molar-refractivity contribution < 1.29 is 9.53 Å². The number of ether oxygens (including phenoxy) is 1. The molecule has 0 radical (unpaired) electrons. The van der Waals surface area contributed by atoms with E-state index in [0.29, 0.717) is 5.56 Å². The summed E-state index contributed by atoms with van der Waals surface area (Å²) >= 11 is 11.7. The van der Waals surface area contributed by atoms with Gasteiger partial charge in [-0.1, -0.05) is 35.3 Å². The zero-order chi connectivity index (χ0) is 15.4. The fourth-order valence-electron chi connectivity index (χ4n) is 1.64. The molecule has 106 valence electrons. The van der Waals surface area contributed by atoms with E-state index in [1.54, 1.807) is 24.3 Å². The first-order valence-corrected chi connectivity index (χ1v) is 6.67. The number of esters is 1. The van der Waals surface area contributed by atoms with E-state index < -0.39 is 5.97 Å². The van der Waals surface area contributed by atoms with Gasteiger partial charge >= 0.3 is 5.97 Å². The molecule has 0 heterocycles. The van der Waals surface area contributed by atoms with Crippen LogP contribution < -0.4 is 5.73 Å². The highest BCUT2D eigenvalue weighted by Crippen LogP contribution is 2.29. The Bertz CT molecular complexity index is 698. The summed E-state index contributed by atoms with van der Waals surface area (Å²) in [6.07, 6.45) is 0. The molecule has 0 amide bonds. The third kappa shape index (κ3) is 3.66. The van der Waals surface area contributed by atoms with Crippen molar-refractivity contribution in [2.24, 2.45) is 0 Å². The maximum Gasteiger partial charge on any atom is 0.338 e. The lowest BCUT2D eigenvalue weighted by Gasteiger charge is -2.07. The number of halogens is 2. The molecule has 0 aliphatic carbocycles.